The number of rotatable bonds is 4. The number of hydrogen-bond acceptors (Lipinski definition) is 5. The maximum absolute atomic E-state index is 12.1. The van der Waals surface area contributed by atoms with E-state index in [-0.39, 0.29) is 30.0 Å². The standard InChI is InChI=1S/C16H27NO5/c1-6-21-14(19)9-12-7-8-17(10-13(12)11(2)18)15(20)22-16(3,4)5/h12-13H,6-10H2,1-5H3/t12-,13-/m1/s1. The molecule has 1 amide bonds. The Labute approximate surface area is 132 Å². The van der Waals surface area contributed by atoms with Crippen LogP contribution in [0.15, 0.2) is 0 Å². The third-order valence-corrected chi connectivity index (χ3v) is 3.66. The van der Waals surface area contributed by atoms with E-state index in [1.807, 2.05) is 0 Å². The highest BCUT2D eigenvalue weighted by Gasteiger charge is 2.36. The van der Waals surface area contributed by atoms with Crippen molar-refractivity contribution in [3.8, 4) is 0 Å². The van der Waals surface area contributed by atoms with Gasteiger partial charge in [0.05, 0.1) is 6.61 Å². The van der Waals surface area contributed by atoms with Gasteiger partial charge in [0.2, 0.25) is 0 Å². The maximum atomic E-state index is 12.1. The van der Waals surface area contributed by atoms with Crippen LogP contribution in [0.2, 0.25) is 0 Å². The van der Waals surface area contributed by atoms with Crippen molar-refractivity contribution in [3.63, 3.8) is 0 Å². The van der Waals surface area contributed by atoms with E-state index in [1.54, 1.807) is 32.6 Å². The van der Waals surface area contributed by atoms with Gasteiger partial charge in [-0.25, -0.2) is 4.79 Å². The average molecular weight is 313 g/mol. The Balaban J connectivity index is 2.69. The Bertz CT molecular complexity index is 427. The Morgan fingerprint density at radius 3 is 2.36 bits per heavy atom. The molecule has 126 valence electrons. The van der Waals surface area contributed by atoms with E-state index in [0.717, 1.165) is 0 Å². The normalized spacial score (nSPS) is 22.1. The molecule has 0 radical (unpaired) electrons. The molecule has 0 aromatic heterocycles. The Morgan fingerprint density at radius 1 is 1.23 bits per heavy atom. The minimum atomic E-state index is -0.565. The van der Waals surface area contributed by atoms with Crippen LogP contribution in [0, 0.1) is 11.8 Å². The number of carbonyl (C=O) groups excluding carboxylic acids is 3. The van der Waals surface area contributed by atoms with Crippen LogP contribution >= 0.6 is 0 Å². The molecule has 1 heterocycles. The highest BCUT2D eigenvalue weighted by molar-refractivity contribution is 5.81. The number of carbonyl (C=O) groups is 3. The van der Waals surface area contributed by atoms with Gasteiger partial charge in [-0.2, -0.15) is 0 Å². The molecule has 0 unspecified atom stereocenters. The van der Waals surface area contributed by atoms with Crippen molar-refractivity contribution in [2.75, 3.05) is 19.7 Å². The van der Waals surface area contributed by atoms with Gasteiger partial charge in [-0.3, -0.25) is 9.59 Å². The first-order valence-corrected chi connectivity index (χ1v) is 7.78. The molecule has 6 nitrogen and oxygen atoms in total. The Morgan fingerprint density at radius 2 is 1.86 bits per heavy atom. The summed E-state index contributed by atoms with van der Waals surface area (Å²) in [5.74, 6) is -0.715. The summed E-state index contributed by atoms with van der Waals surface area (Å²) in [6.45, 7) is 9.80. The van der Waals surface area contributed by atoms with Crippen LogP contribution in [-0.4, -0.2) is 48.0 Å². The minimum absolute atomic E-state index is 0.0115. The third-order valence-electron chi connectivity index (χ3n) is 3.66. The Hall–Kier alpha value is -1.59. The lowest BCUT2D eigenvalue weighted by Crippen LogP contribution is -2.48. The summed E-state index contributed by atoms with van der Waals surface area (Å²) in [5, 5.41) is 0. The molecule has 0 aliphatic carbocycles. The Kier molecular flexibility index (Phi) is 6.38. The number of Topliss-reactive ketones (excluding diaryl/α,β-unsaturated/α-hetero) is 1. The lowest BCUT2D eigenvalue weighted by molar-refractivity contribution is -0.145. The van der Waals surface area contributed by atoms with E-state index < -0.39 is 11.7 Å². The second-order valence-electron chi connectivity index (χ2n) is 6.70. The van der Waals surface area contributed by atoms with Crippen LogP contribution in [0.3, 0.4) is 0 Å². The summed E-state index contributed by atoms with van der Waals surface area (Å²) in [4.78, 5) is 37.2. The molecule has 6 heteroatoms. The second kappa shape index (κ2) is 7.61. The molecule has 0 spiro atoms. The van der Waals surface area contributed by atoms with Gasteiger partial charge in [-0.15, -0.1) is 0 Å². The molecular weight excluding hydrogens is 286 g/mol. The summed E-state index contributed by atoms with van der Waals surface area (Å²) >= 11 is 0. The van der Waals surface area contributed by atoms with Gasteiger partial charge < -0.3 is 14.4 Å². The molecule has 1 saturated heterocycles. The topological polar surface area (TPSA) is 72.9 Å². The van der Waals surface area contributed by atoms with Crippen LogP contribution < -0.4 is 0 Å². The lowest BCUT2D eigenvalue weighted by atomic mass is 9.81. The zero-order chi connectivity index (χ0) is 16.9. The van der Waals surface area contributed by atoms with Crippen LogP contribution in [-0.2, 0) is 19.1 Å². The van der Waals surface area contributed by atoms with Crippen LogP contribution in [0.4, 0.5) is 4.79 Å². The van der Waals surface area contributed by atoms with Crippen molar-refractivity contribution in [3.05, 3.63) is 0 Å². The van der Waals surface area contributed by atoms with Gasteiger partial charge in [0.15, 0.2) is 0 Å². The number of ether oxygens (including phenoxy) is 2. The number of piperidine rings is 1. The average Bonchev–Trinajstić information content (AvgIpc) is 2.36. The zero-order valence-corrected chi connectivity index (χ0v) is 14.2. The molecule has 1 aliphatic heterocycles. The summed E-state index contributed by atoms with van der Waals surface area (Å²) in [6, 6.07) is 0. The predicted octanol–water partition coefficient (Wildman–Crippen LogP) is 2.40. The SMILES string of the molecule is CCOC(=O)C[C@H]1CCN(C(=O)OC(C)(C)C)C[C@@H]1C(C)=O. The number of ketones is 1. The number of hydrogen-bond donors (Lipinski definition) is 0. The largest absolute Gasteiger partial charge is 0.466 e. The second-order valence-corrected chi connectivity index (χ2v) is 6.70. The molecule has 0 N–H and O–H groups in total. The smallest absolute Gasteiger partial charge is 0.410 e. The van der Waals surface area contributed by atoms with Gasteiger partial charge in [0.1, 0.15) is 11.4 Å². The molecule has 22 heavy (non-hydrogen) atoms. The fourth-order valence-electron chi connectivity index (χ4n) is 2.63. The third kappa shape index (κ3) is 5.66. The summed E-state index contributed by atoms with van der Waals surface area (Å²) in [5.41, 5.74) is -0.565. The highest BCUT2D eigenvalue weighted by Crippen LogP contribution is 2.28. The first-order chi connectivity index (χ1) is 10.1. The van der Waals surface area contributed by atoms with Crippen molar-refractivity contribution < 1.29 is 23.9 Å². The van der Waals surface area contributed by atoms with Crippen molar-refractivity contribution in [2.24, 2.45) is 11.8 Å². The minimum Gasteiger partial charge on any atom is -0.466 e. The summed E-state index contributed by atoms with van der Waals surface area (Å²) < 4.78 is 10.3. The van der Waals surface area contributed by atoms with E-state index in [4.69, 9.17) is 9.47 Å². The van der Waals surface area contributed by atoms with Crippen LogP contribution in [0.25, 0.3) is 0 Å². The maximum Gasteiger partial charge on any atom is 0.410 e. The van der Waals surface area contributed by atoms with Crippen LogP contribution in [0.1, 0.15) is 47.5 Å². The molecule has 2 atom stereocenters. The number of nitrogens with zero attached hydrogens (tertiary/aromatic N) is 1. The van der Waals surface area contributed by atoms with Gasteiger partial charge in [-0.05, 0) is 47.0 Å². The highest BCUT2D eigenvalue weighted by atomic mass is 16.6. The van der Waals surface area contributed by atoms with Gasteiger partial charge in [-0.1, -0.05) is 0 Å². The lowest BCUT2D eigenvalue weighted by Gasteiger charge is -2.37. The molecule has 1 aliphatic rings. The van der Waals surface area contributed by atoms with Gasteiger partial charge in [0.25, 0.3) is 0 Å². The quantitative estimate of drug-likeness (QED) is 0.745. The van der Waals surface area contributed by atoms with Crippen molar-refractivity contribution in [1.82, 2.24) is 4.90 Å². The molecule has 0 bridgehead atoms. The first-order valence-electron chi connectivity index (χ1n) is 7.78. The molecule has 0 aromatic rings. The summed E-state index contributed by atoms with van der Waals surface area (Å²) in [6.07, 6.45) is 0.413. The fourth-order valence-corrected chi connectivity index (χ4v) is 2.63. The van der Waals surface area contributed by atoms with Crippen LogP contribution in [0.5, 0.6) is 0 Å². The van der Waals surface area contributed by atoms with E-state index >= 15 is 0 Å². The number of amides is 1. The number of likely N-dealkylation sites (tertiary alicyclic amines) is 1. The van der Waals surface area contributed by atoms with E-state index in [1.165, 1.54) is 6.92 Å². The molecule has 1 rings (SSSR count). The predicted molar refractivity (Wildman–Crippen MR) is 81.3 cm³/mol. The monoisotopic (exact) mass is 313 g/mol. The molecule has 0 saturated carbocycles. The van der Waals surface area contributed by atoms with E-state index in [9.17, 15) is 14.4 Å². The van der Waals surface area contributed by atoms with E-state index in [2.05, 4.69) is 0 Å². The van der Waals surface area contributed by atoms with Crippen molar-refractivity contribution in [2.45, 2.75) is 53.1 Å². The first kappa shape index (κ1) is 18.5. The molecule has 1 fully saturated rings. The molecular formula is C16H27NO5. The fraction of sp³-hybridized carbons (Fsp3) is 0.812. The van der Waals surface area contributed by atoms with Gasteiger partial charge >= 0.3 is 12.1 Å². The number of esters is 1. The molecule has 0 aromatic carbocycles. The van der Waals surface area contributed by atoms with E-state index in [0.29, 0.717) is 26.1 Å². The summed E-state index contributed by atoms with van der Waals surface area (Å²) in [7, 11) is 0. The zero-order valence-electron chi connectivity index (χ0n) is 14.2. The van der Waals surface area contributed by atoms with Crippen molar-refractivity contribution >= 4 is 17.8 Å². The van der Waals surface area contributed by atoms with Gasteiger partial charge in [0, 0.05) is 25.4 Å². The van der Waals surface area contributed by atoms with Crippen molar-refractivity contribution in [1.29, 1.82) is 0 Å².